The van der Waals surface area contributed by atoms with E-state index in [0.29, 0.717) is 12.5 Å². The Morgan fingerprint density at radius 1 is 1.22 bits per heavy atom. The number of pyridine rings is 1. The minimum Gasteiger partial charge on any atom is -0.334 e. The van der Waals surface area contributed by atoms with Crippen LogP contribution >= 0.6 is 24.8 Å². The van der Waals surface area contributed by atoms with Gasteiger partial charge in [-0.25, -0.2) is 0 Å². The Balaban J connectivity index is 0.00000182. The number of halogens is 2. The van der Waals surface area contributed by atoms with Crippen LogP contribution in [0.1, 0.15) is 41.3 Å². The Morgan fingerprint density at radius 2 is 2.04 bits per heavy atom. The summed E-state index contributed by atoms with van der Waals surface area (Å²) >= 11 is 0. The maximum Gasteiger partial charge on any atom is 0.254 e. The third kappa shape index (κ3) is 6.80. The van der Waals surface area contributed by atoms with Gasteiger partial charge in [0.05, 0.1) is 0 Å². The fourth-order valence-corrected chi connectivity index (χ4v) is 3.47. The second-order valence-electron chi connectivity index (χ2n) is 6.85. The van der Waals surface area contributed by atoms with Gasteiger partial charge in [-0.15, -0.1) is 24.8 Å². The van der Waals surface area contributed by atoms with Crippen LogP contribution in [-0.4, -0.2) is 35.4 Å². The van der Waals surface area contributed by atoms with Gasteiger partial charge in [-0.3, -0.25) is 9.78 Å². The maximum absolute atomic E-state index is 13.0. The van der Waals surface area contributed by atoms with Crippen molar-refractivity contribution >= 4 is 30.7 Å². The van der Waals surface area contributed by atoms with E-state index in [9.17, 15) is 4.79 Å². The quantitative estimate of drug-likeness (QED) is 0.747. The zero-order chi connectivity index (χ0) is 17.5. The van der Waals surface area contributed by atoms with Crippen molar-refractivity contribution in [1.82, 2.24) is 15.2 Å². The fraction of sp³-hybridized carbons (Fsp3) is 0.429. The molecule has 0 aliphatic carbocycles. The first-order chi connectivity index (χ1) is 12.3. The summed E-state index contributed by atoms with van der Waals surface area (Å²) in [5, 5.41) is 3.41. The number of amides is 1. The molecule has 2 aromatic rings. The van der Waals surface area contributed by atoms with Gasteiger partial charge in [0.25, 0.3) is 5.91 Å². The molecule has 1 fully saturated rings. The van der Waals surface area contributed by atoms with Crippen molar-refractivity contribution in [3.05, 3.63) is 65.5 Å². The maximum atomic E-state index is 13.0. The van der Waals surface area contributed by atoms with Crippen LogP contribution in [0.2, 0.25) is 0 Å². The highest BCUT2D eigenvalue weighted by atomic mass is 35.5. The molecule has 148 valence electrons. The fourth-order valence-electron chi connectivity index (χ4n) is 3.47. The minimum atomic E-state index is 0. The van der Waals surface area contributed by atoms with Crippen LogP contribution in [-0.2, 0) is 13.0 Å². The van der Waals surface area contributed by atoms with Gasteiger partial charge in [0.15, 0.2) is 0 Å². The molecule has 1 aliphatic rings. The molecule has 27 heavy (non-hydrogen) atoms. The first-order valence-electron chi connectivity index (χ1n) is 9.24. The highest BCUT2D eigenvalue weighted by Gasteiger charge is 2.18. The molecule has 1 aliphatic heterocycles. The number of carbonyl (C=O) groups excluding carboxylic acids is 1. The molecule has 0 bridgehead atoms. The predicted molar refractivity (Wildman–Crippen MR) is 115 cm³/mol. The smallest absolute Gasteiger partial charge is 0.254 e. The molecule has 1 aromatic carbocycles. The highest BCUT2D eigenvalue weighted by molar-refractivity contribution is 5.94. The van der Waals surface area contributed by atoms with Gasteiger partial charge >= 0.3 is 0 Å². The number of hydrogen-bond acceptors (Lipinski definition) is 3. The van der Waals surface area contributed by atoms with E-state index in [1.807, 2.05) is 35.4 Å². The van der Waals surface area contributed by atoms with Crippen molar-refractivity contribution in [3.63, 3.8) is 0 Å². The molecule has 6 heteroatoms. The van der Waals surface area contributed by atoms with Gasteiger partial charge < -0.3 is 10.2 Å². The molecule has 3 rings (SSSR count). The van der Waals surface area contributed by atoms with Crippen LogP contribution in [0.25, 0.3) is 0 Å². The molecule has 1 saturated heterocycles. The van der Waals surface area contributed by atoms with Gasteiger partial charge in [-0.1, -0.05) is 25.1 Å². The van der Waals surface area contributed by atoms with Crippen molar-refractivity contribution in [1.29, 1.82) is 0 Å². The van der Waals surface area contributed by atoms with E-state index in [2.05, 4.69) is 29.4 Å². The largest absolute Gasteiger partial charge is 0.334 e. The molecule has 2 heterocycles. The van der Waals surface area contributed by atoms with Crippen molar-refractivity contribution in [2.75, 3.05) is 19.6 Å². The Morgan fingerprint density at radius 3 is 2.70 bits per heavy atom. The molecule has 1 aromatic heterocycles. The Labute approximate surface area is 174 Å². The first-order valence-corrected chi connectivity index (χ1v) is 9.24. The Kier molecular flexibility index (Phi) is 10.4. The van der Waals surface area contributed by atoms with Gasteiger partial charge in [-0.05, 0) is 67.6 Å². The SMILES string of the molecule is CCCN(Cc1cccnc1)C(=O)c1cccc(CC2CCNC2)c1.Cl.Cl. The Bertz CT molecular complexity index is 691. The lowest BCUT2D eigenvalue weighted by molar-refractivity contribution is 0.0743. The van der Waals surface area contributed by atoms with Gasteiger partial charge in [0.1, 0.15) is 0 Å². The van der Waals surface area contributed by atoms with Gasteiger partial charge in [-0.2, -0.15) is 0 Å². The van der Waals surface area contributed by atoms with Crippen molar-refractivity contribution in [3.8, 4) is 0 Å². The normalized spacial score (nSPS) is 15.5. The van der Waals surface area contributed by atoms with Crippen LogP contribution in [0.3, 0.4) is 0 Å². The number of nitrogens with zero attached hydrogens (tertiary/aromatic N) is 2. The van der Waals surface area contributed by atoms with Crippen molar-refractivity contribution in [2.24, 2.45) is 5.92 Å². The van der Waals surface area contributed by atoms with Crippen LogP contribution in [0.15, 0.2) is 48.8 Å². The number of aromatic nitrogens is 1. The molecule has 1 amide bonds. The second kappa shape index (κ2) is 12.0. The predicted octanol–water partition coefficient (Wildman–Crippen LogP) is 4.13. The zero-order valence-electron chi connectivity index (χ0n) is 15.8. The molecule has 1 unspecified atom stereocenters. The van der Waals surface area contributed by atoms with Crippen molar-refractivity contribution in [2.45, 2.75) is 32.7 Å². The minimum absolute atomic E-state index is 0. The van der Waals surface area contributed by atoms with E-state index < -0.39 is 0 Å². The summed E-state index contributed by atoms with van der Waals surface area (Å²) in [7, 11) is 0. The van der Waals surface area contributed by atoms with Crippen LogP contribution in [0.4, 0.5) is 0 Å². The number of carbonyl (C=O) groups is 1. The average Bonchev–Trinajstić information content (AvgIpc) is 3.15. The second-order valence-corrected chi connectivity index (χ2v) is 6.85. The van der Waals surface area contributed by atoms with Crippen LogP contribution in [0, 0.1) is 5.92 Å². The summed E-state index contributed by atoms with van der Waals surface area (Å²) in [5.74, 6) is 0.796. The summed E-state index contributed by atoms with van der Waals surface area (Å²) in [6.45, 7) is 5.66. The summed E-state index contributed by atoms with van der Waals surface area (Å²) in [6.07, 6.45) is 6.81. The van der Waals surface area contributed by atoms with E-state index in [0.717, 1.165) is 43.6 Å². The van der Waals surface area contributed by atoms with Gasteiger partial charge in [0.2, 0.25) is 0 Å². The number of nitrogens with one attached hydrogen (secondary N) is 1. The highest BCUT2D eigenvalue weighted by Crippen LogP contribution is 2.18. The molecule has 0 spiro atoms. The average molecular weight is 410 g/mol. The molecular weight excluding hydrogens is 381 g/mol. The van der Waals surface area contributed by atoms with E-state index in [1.54, 1.807) is 6.20 Å². The molecule has 4 nitrogen and oxygen atoms in total. The van der Waals surface area contributed by atoms with E-state index in [1.165, 1.54) is 12.0 Å². The van der Waals surface area contributed by atoms with E-state index in [-0.39, 0.29) is 30.7 Å². The lowest BCUT2D eigenvalue weighted by atomic mass is 9.97. The first kappa shape index (κ1) is 23.4. The monoisotopic (exact) mass is 409 g/mol. The van der Waals surface area contributed by atoms with Crippen LogP contribution < -0.4 is 5.32 Å². The molecule has 0 saturated carbocycles. The summed E-state index contributed by atoms with van der Waals surface area (Å²) < 4.78 is 0. The van der Waals surface area contributed by atoms with Gasteiger partial charge in [0, 0.05) is 31.0 Å². The third-order valence-corrected chi connectivity index (χ3v) is 4.74. The zero-order valence-corrected chi connectivity index (χ0v) is 17.4. The number of hydrogen-bond donors (Lipinski definition) is 1. The standard InChI is InChI=1S/C21H27N3O.2ClH/c1-2-11-24(16-19-6-4-9-22-15-19)21(25)20-7-3-5-17(13-20)12-18-8-10-23-14-18;;/h3-7,9,13,15,18,23H,2,8,10-12,14,16H2,1H3;2*1H. The van der Waals surface area contributed by atoms with E-state index in [4.69, 9.17) is 0 Å². The van der Waals surface area contributed by atoms with E-state index >= 15 is 0 Å². The van der Waals surface area contributed by atoms with Crippen LogP contribution in [0.5, 0.6) is 0 Å². The molecule has 1 atom stereocenters. The topological polar surface area (TPSA) is 45.2 Å². The number of rotatable bonds is 7. The summed E-state index contributed by atoms with van der Waals surface area (Å²) in [6, 6.07) is 12.1. The third-order valence-electron chi connectivity index (χ3n) is 4.74. The summed E-state index contributed by atoms with van der Waals surface area (Å²) in [4.78, 5) is 19.1. The number of benzene rings is 1. The lowest BCUT2D eigenvalue weighted by Gasteiger charge is -2.22. The Hall–Kier alpha value is -1.62. The lowest BCUT2D eigenvalue weighted by Crippen LogP contribution is -2.31. The summed E-state index contributed by atoms with van der Waals surface area (Å²) in [5.41, 5.74) is 3.12. The molecule has 0 radical (unpaired) electrons. The molecular formula is C21H29Cl2N3O. The molecule has 1 N–H and O–H groups in total. The van der Waals surface area contributed by atoms with Crippen molar-refractivity contribution < 1.29 is 4.79 Å².